The normalized spacial score (nSPS) is 22.1. The third-order valence-corrected chi connectivity index (χ3v) is 3.90. The number of aromatic nitrogens is 1. The minimum absolute atomic E-state index is 0.113. The van der Waals surface area contributed by atoms with Gasteiger partial charge < -0.3 is 9.47 Å². The first kappa shape index (κ1) is 18.6. The summed E-state index contributed by atoms with van der Waals surface area (Å²) >= 11 is 0. The second-order valence-corrected chi connectivity index (χ2v) is 5.90. The van der Waals surface area contributed by atoms with E-state index >= 15 is 0 Å². The molecule has 0 saturated carbocycles. The first-order valence-electron chi connectivity index (χ1n) is 8.08. The largest absolute Gasteiger partial charge is 0.465 e. The number of carbonyl (C=O) groups is 3. The zero-order valence-electron chi connectivity index (χ0n) is 14.5. The van der Waals surface area contributed by atoms with Crippen LogP contribution in [-0.2, 0) is 23.9 Å². The van der Waals surface area contributed by atoms with Crippen molar-refractivity contribution in [2.45, 2.75) is 39.3 Å². The second-order valence-electron chi connectivity index (χ2n) is 5.90. The highest BCUT2D eigenvalue weighted by Gasteiger charge is 2.34. The second kappa shape index (κ2) is 8.41. The van der Waals surface area contributed by atoms with E-state index in [-0.39, 0.29) is 24.5 Å². The molecule has 1 aromatic rings. The molecule has 1 heterocycles. The van der Waals surface area contributed by atoms with E-state index in [0.29, 0.717) is 12.2 Å². The van der Waals surface area contributed by atoms with Crippen molar-refractivity contribution >= 4 is 23.7 Å². The number of hydrogen-bond donors (Lipinski definition) is 0. The molecule has 0 aliphatic heterocycles. The van der Waals surface area contributed by atoms with Crippen molar-refractivity contribution in [2.24, 2.45) is 5.92 Å². The summed E-state index contributed by atoms with van der Waals surface area (Å²) in [5, 5.41) is 0. The van der Waals surface area contributed by atoms with Crippen molar-refractivity contribution in [1.29, 1.82) is 0 Å². The van der Waals surface area contributed by atoms with Crippen molar-refractivity contribution in [3.63, 3.8) is 0 Å². The molecule has 134 valence electrons. The van der Waals surface area contributed by atoms with E-state index in [1.165, 1.54) is 20.8 Å². The highest BCUT2D eigenvalue weighted by atomic mass is 16.6. The average Bonchev–Trinajstić information content (AvgIpc) is 2.55. The summed E-state index contributed by atoms with van der Waals surface area (Å²) in [4.78, 5) is 40.4. The topological polar surface area (TPSA) is 85.8 Å². The van der Waals surface area contributed by atoms with Crippen LogP contribution in [0.4, 0.5) is 5.82 Å². The average molecular weight is 346 g/mol. The van der Waals surface area contributed by atoms with Crippen LogP contribution in [0.25, 0.3) is 0 Å². The third kappa shape index (κ3) is 5.14. The molecule has 0 spiro atoms. The number of carbonyl (C=O) groups excluding carboxylic acids is 3. The summed E-state index contributed by atoms with van der Waals surface area (Å²) in [5.41, 5.74) is 0. The van der Waals surface area contributed by atoms with Gasteiger partial charge in [-0.2, -0.15) is 0 Å². The highest BCUT2D eigenvalue weighted by molar-refractivity contribution is 5.91. The Morgan fingerprint density at radius 1 is 1.16 bits per heavy atom. The van der Waals surface area contributed by atoms with Crippen LogP contribution in [0.1, 0.15) is 27.2 Å². The number of ether oxygens (including phenoxy) is 2. The molecule has 0 bridgehead atoms. The first-order chi connectivity index (χ1) is 11.9. The van der Waals surface area contributed by atoms with Gasteiger partial charge >= 0.3 is 11.9 Å². The number of anilines is 1. The van der Waals surface area contributed by atoms with Crippen molar-refractivity contribution in [3.05, 3.63) is 36.5 Å². The Hall–Kier alpha value is -2.70. The van der Waals surface area contributed by atoms with Gasteiger partial charge in [0, 0.05) is 32.9 Å². The van der Waals surface area contributed by atoms with E-state index in [4.69, 9.17) is 9.47 Å². The number of nitrogens with zero attached hydrogens (tertiary/aromatic N) is 2. The lowest BCUT2D eigenvalue weighted by Gasteiger charge is -2.36. The van der Waals surface area contributed by atoms with Gasteiger partial charge in [-0.1, -0.05) is 12.1 Å². The predicted molar refractivity (Wildman–Crippen MR) is 90.6 cm³/mol. The van der Waals surface area contributed by atoms with Crippen LogP contribution in [0.5, 0.6) is 0 Å². The fourth-order valence-electron chi connectivity index (χ4n) is 2.88. The van der Waals surface area contributed by atoms with Crippen molar-refractivity contribution < 1.29 is 23.9 Å². The molecule has 0 N–H and O–H groups in total. The molecule has 1 aliphatic carbocycles. The Bertz CT molecular complexity index is 659. The van der Waals surface area contributed by atoms with Gasteiger partial charge in [0.1, 0.15) is 11.9 Å². The number of pyridine rings is 1. The Balaban J connectivity index is 2.24. The Morgan fingerprint density at radius 3 is 2.48 bits per heavy atom. The van der Waals surface area contributed by atoms with E-state index < -0.39 is 18.0 Å². The van der Waals surface area contributed by atoms with Gasteiger partial charge in [-0.05, 0) is 24.6 Å². The quantitative estimate of drug-likeness (QED) is 0.598. The molecule has 3 atom stereocenters. The molecule has 2 rings (SSSR count). The van der Waals surface area contributed by atoms with Crippen LogP contribution in [-0.4, -0.2) is 41.6 Å². The van der Waals surface area contributed by atoms with Gasteiger partial charge in [0.15, 0.2) is 0 Å². The number of hydrogen-bond acceptors (Lipinski definition) is 6. The minimum Gasteiger partial charge on any atom is -0.465 e. The lowest BCUT2D eigenvalue weighted by atomic mass is 9.88. The molecule has 1 amide bonds. The smallest absolute Gasteiger partial charge is 0.303 e. The number of esters is 2. The maximum Gasteiger partial charge on any atom is 0.303 e. The number of rotatable bonds is 5. The van der Waals surface area contributed by atoms with Crippen molar-refractivity contribution in [1.82, 2.24) is 4.98 Å². The third-order valence-electron chi connectivity index (χ3n) is 3.90. The first-order valence-corrected chi connectivity index (χ1v) is 8.08. The Labute approximate surface area is 146 Å². The molecule has 7 heteroatoms. The molecule has 7 nitrogen and oxygen atoms in total. The maximum atomic E-state index is 12.2. The molecule has 1 aromatic heterocycles. The molecule has 0 saturated heterocycles. The summed E-state index contributed by atoms with van der Waals surface area (Å²) in [5.74, 6) is -0.657. The standard InChI is InChI=1S/C18H22N2O5/c1-12(21)20(18-6-4-5-9-19-18)16-7-8-17(25-14(3)23)15(10-16)11-24-13(2)22/h4-9,15-17H,10-11H2,1-3H3/t15-,16-,17+/m1/s1. The zero-order valence-corrected chi connectivity index (χ0v) is 14.5. The number of amides is 1. The van der Waals surface area contributed by atoms with Crippen LogP contribution in [0.2, 0.25) is 0 Å². The van der Waals surface area contributed by atoms with Gasteiger partial charge in [0.2, 0.25) is 5.91 Å². The lowest BCUT2D eigenvalue weighted by molar-refractivity contribution is -0.150. The Morgan fingerprint density at radius 2 is 1.92 bits per heavy atom. The van der Waals surface area contributed by atoms with Crippen LogP contribution in [0.3, 0.4) is 0 Å². The van der Waals surface area contributed by atoms with Crippen LogP contribution >= 0.6 is 0 Å². The van der Waals surface area contributed by atoms with E-state index in [2.05, 4.69) is 4.98 Å². The molecule has 25 heavy (non-hydrogen) atoms. The highest BCUT2D eigenvalue weighted by Crippen LogP contribution is 2.28. The van der Waals surface area contributed by atoms with Crippen LogP contribution in [0, 0.1) is 5.92 Å². The summed E-state index contributed by atoms with van der Waals surface area (Å²) in [6.45, 7) is 4.25. The van der Waals surface area contributed by atoms with E-state index in [1.54, 1.807) is 29.3 Å². The van der Waals surface area contributed by atoms with E-state index in [9.17, 15) is 14.4 Å². The van der Waals surface area contributed by atoms with Crippen molar-refractivity contribution in [3.8, 4) is 0 Å². The molecule has 0 fully saturated rings. The van der Waals surface area contributed by atoms with Gasteiger partial charge in [-0.3, -0.25) is 19.3 Å². The summed E-state index contributed by atoms with van der Waals surface area (Å²) in [6, 6.07) is 5.08. The minimum atomic E-state index is -0.495. The maximum absolute atomic E-state index is 12.2. The predicted octanol–water partition coefficient (Wildman–Crippen LogP) is 1.87. The van der Waals surface area contributed by atoms with E-state index in [0.717, 1.165) is 0 Å². The monoisotopic (exact) mass is 346 g/mol. The van der Waals surface area contributed by atoms with Gasteiger partial charge in [-0.15, -0.1) is 0 Å². The van der Waals surface area contributed by atoms with Gasteiger partial charge in [0.25, 0.3) is 0 Å². The summed E-state index contributed by atoms with van der Waals surface area (Å²) < 4.78 is 10.4. The fraction of sp³-hybridized carbons (Fsp3) is 0.444. The van der Waals surface area contributed by atoms with Crippen LogP contribution in [0.15, 0.2) is 36.5 Å². The fourth-order valence-corrected chi connectivity index (χ4v) is 2.88. The molecule has 0 aromatic carbocycles. The van der Waals surface area contributed by atoms with Crippen molar-refractivity contribution in [2.75, 3.05) is 11.5 Å². The molecule has 0 unspecified atom stereocenters. The molecule has 1 aliphatic rings. The molecular formula is C18H22N2O5. The SMILES string of the molecule is CC(=O)OC[C@H]1C[C@H](N(C(C)=O)c2ccccn2)C=C[C@@H]1OC(C)=O. The van der Waals surface area contributed by atoms with Crippen LogP contribution < -0.4 is 4.90 Å². The lowest BCUT2D eigenvalue weighted by Crippen LogP contribution is -2.45. The summed E-state index contributed by atoms with van der Waals surface area (Å²) in [6.07, 6.45) is 5.18. The van der Waals surface area contributed by atoms with Gasteiger partial charge in [0.05, 0.1) is 12.6 Å². The molecule has 0 radical (unpaired) electrons. The Kier molecular flexibility index (Phi) is 6.27. The van der Waals surface area contributed by atoms with E-state index in [1.807, 2.05) is 12.1 Å². The molecular weight excluding hydrogens is 324 g/mol. The van der Waals surface area contributed by atoms with Gasteiger partial charge in [-0.25, -0.2) is 4.98 Å². The summed E-state index contributed by atoms with van der Waals surface area (Å²) in [7, 11) is 0. The zero-order chi connectivity index (χ0) is 18.4.